The van der Waals surface area contributed by atoms with Crippen LogP contribution in [0.5, 0.6) is 0 Å². The van der Waals surface area contributed by atoms with Crippen molar-refractivity contribution in [3.8, 4) is 0 Å². The molecule has 2 nitrogen and oxygen atoms in total. The van der Waals surface area contributed by atoms with Crippen LogP contribution in [0.2, 0.25) is 0 Å². The van der Waals surface area contributed by atoms with Crippen LogP contribution in [-0.2, 0) is 6.54 Å². The highest BCUT2D eigenvalue weighted by atomic mass is 79.9. The molecular formula is C12H15BrN2. The number of halogens is 1. The molecule has 0 spiro atoms. The summed E-state index contributed by atoms with van der Waals surface area (Å²) in [5, 5.41) is 7.93. The van der Waals surface area contributed by atoms with Gasteiger partial charge in [-0.1, -0.05) is 28.1 Å². The summed E-state index contributed by atoms with van der Waals surface area (Å²) in [7, 11) is 2.00. The maximum atomic E-state index is 7.93. The molecule has 0 unspecified atom stereocenters. The Labute approximate surface area is 98.9 Å². The lowest BCUT2D eigenvalue weighted by molar-refractivity contribution is 0.481. The number of nitrogens with one attached hydrogen (secondary N) is 1. The Morgan fingerprint density at radius 3 is 2.87 bits per heavy atom. The zero-order chi connectivity index (χ0) is 10.8. The smallest absolute Gasteiger partial charge is 0.0989 e. The van der Waals surface area contributed by atoms with E-state index in [-0.39, 0.29) is 0 Å². The van der Waals surface area contributed by atoms with Crippen LogP contribution in [0.3, 0.4) is 0 Å². The van der Waals surface area contributed by atoms with Crippen molar-refractivity contribution in [2.45, 2.75) is 19.4 Å². The van der Waals surface area contributed by atoms with Crippen molar-refractivity contribution in [3.05, 3.63) is 34.3 Å². The number of nitrogens with zero attached hydrogens (tertiary/aromatic N) is 1. The lowest BCUT2D eigenvalue weighted by atomic mass is 10.2. The van der Waals surface area contributed by atoms with Gasteiger partial charge >= 0.3 is 0 Å². The zero-order valence-electron chi connectivity index (χ0n) is 8.83. The Morgan fingerprint density at radius 1 is 1.53 bits per heavy atom. The fourth-order valence-corrected chi connectivity index (χ4v) is 2.11. The lowest BCUT2D eigenvalue weighted by Gasteiger charge is -2.19. The Hall–Kier alpha value is -0.830. The van der Waals surface area contributed by atoms with Gasteiger partial charge in [-0.2, -0.15) is 0 Å². The van der Waals surface area contributed by atoms with Gasteiger partial charge in [0.2, 0.25) is 0 Å². The van der Waals surface area contributed by atoms with Crippen molar-refractivity contribution in [1.29, 1.82) is 5.41 Å². The molecular weight excluding hydrogens is 252 g/mol. The molecule has 1 aromatic carbocycles. The maximum Gasteiger partial charge on any atom is 0.0989 e. The van der Waals surface area contributed by atoms with Crippen LogP contribution in [0, 0.1) is 11.3 Å². The van der Waals surface area contributed by atoms with Crippen LogP contribution in [0.25, 0.3) is 0 Å². The molecule has 3 heteroatoms. The molecule has 0 aromatic heterocycles. The van der Waals surface area contributed by atoms with Gasteiger partial charge in [-0.3, -0.25) is 5.41 Å². The summed E-state index contributed by atoms with van der Waals surface area (Å²) in [5.74, 6) is 1.32. The first-order chi connectivity index (χ1) is 7.16. The molecule has 1 aliphatic carbocycles. The van der Waals surface area contributed by atoms with Gasteiger partial charge in [0, 0.05) is 24.0 Å². The standard InChI is InChI=1S/C12H15BrN2/c1-15(12(14)10-5-6-10)8-9-3-2-4-11(13)7-9/h2-4,7,10,14H,5-6,8H2,1H3. The molecule has 1 N–H and O–H groups in total. The van der Waals surface area contributed by atoms with Crippen LogP contribution < -0.4 is 0 Å². The summed E-state index contributed by atoms with van der Waals surface area (Å²) in [6.07, 6.45) is 2.39. The summed E-state index contributed by atoms with van der Waals surface area (Å²) in [5.41, 5.74) is 1.25. The van der Waals surface area contributed by atoms with Gasteiger partial charge in [0.25, 0.3) is 0 Å². The average Bonchev–Trinajstić information content (AvgIpc) is 2.99. The Kier molecular flexibility index (Phi) is 3.10. The van der Waals surface area contributed by atoms with Crippen molar-refractivity contribution < 1.29 is 0 Å². The molecule has 1 aromatic rings. The van der Waals surface area contributed by atoms with E-state index in [0.29, 0.717) is 5.92 Å². The van der Waals surface area contributed by atoms with Crippen molar-refractivity contribution in [2.24, 2.45) is 5.92 Å². The molecule has 80 valence electrons. The highest BCUT2D eigenvalue weighted by Crippen LogP contribution is 2.31. The first kappa shape index (κ1) is 10.7. The molecule has 0 heterocycles. The number of amidine groups is 1. The fourth-order valence-electron chi connectivity index (χ4n) is 1.66. The number of benzene rings is 1. The van der Waals surface area contributed by atoms with Gasteiger partial charge in [-0.05, 0) is 30.5 Å². The summed E-state index contributed by atoms with van der Waals surface area (Å²) in [4.78, 5) is 2.04. The Balaban J connectivity index is 1.98. The van der Waals surface area contributed by atoms with Crippen molar-refractivity contribution in [2.75, 3.05) is 7.05 Å². The summed E-state index contributed by atoms with van der Waals surface area (Å²) < 4.78 is 1.10. The van der Waals surface area contributed by atoms with Crippen molar-refractivity contribution in [3.63, 3.8) is 0 Å². The van der Waals surface area contributed by atoms with E-state index in [4.69, 9.17) is 5.41 Å². The van der Waals surface area contributed by atoms with Crippen LogP contribution >= 0.6 is 15.9 Å². The second kappa shape index (κ2) is 4.35. The van der Waals surface area contributed by atoms with Gasteiger partial charge in [-0.25, -0.2) is 0 Å². The summed E-state index contributed by atoms with van der Waals surface area (Å²) >= 11 is 3.46. The van der Waals surface area contributed by atoms with Crippen LogP contribution in [0.15, 0.2) is 28.7 Å². The quantitative estimate of drug-likeness (QED) is 0.660. The molecule has 1 fully saturated rings. The molecule has 15 heavy (non-hydrogen) atoms. The largest absolute Gasteiger partial charge is 0.359 e. The van der Waals surface area contributed by atoms with Crippen LogP contribution in [0.1, 0.15) is 18.4 Å². The van der Waals surface area contributed by atoms with E-state index in [2.05, 4.69) is 28.1 Å². The summed E-state index contributed by atoms with van der Waals surface area (Å²) in [6.45, 7) is 0.828. The molecule has 0 aliphatic heterocycles. The van der Waals surface area contributed by atoms with E-state index in [1.807, 2.05) is 24.1 Å². The van der Waals surface area contributed by atoms with E-state index >= 15 is 0 Å². The number of rotatable bonds is 3. The van der Waals surface area contributed by atoms with E-state index in [1.165, 1.54) is 18.4 Å². The molecule has 0 atom stereocenters. The highest BCUT2D eigenvalue weighted by Gasteiger charge is 2.28. The molecule has 0 amide bonds. The van der Waals surface area contributed by atoms with Gasteiger partial charge < -0.3 is 4.90 Å². The van der Waals surface area contributed by atoms with E-state index < -0.39 is 0 Å². The topological polar surface area (TPSA) is 27.1 Å². The van der Waals surface area contributed by atoms with Crippen molar-refractivity contribution >= 4 is 21.8 Å². The van der Waals surface area contributed by atoms with Gasteiger partial charge in [0.05, 0.1) is 5.84 Å². The monoisotopic (exact) mass is 266 g/mol. The minimum Gasteiger partial charge on any atom is -0.359 e. The van der Waals surface area contributed by atoms with E-state index in [9.17, 15) is 0 Å². The first-order valence-electron chi connectivity index (χ1n) is 5.21. The Morgan fingerprint density at radius 2 is 2.27 bits per heavy atom. The van der Waals surface area contributed by atoms with E-state index in [0.717, 1.165) is 16.9 Å². The van der Waals surface area contributed by atoms with Gasteiger partial charge in [-0.15, -0.1) is 0 Å². The molecule has 0 radical (unpaired) electrons. The zero-order valence-corrected chi connectivity index (χ0v) is 10.4. The third kappa shape index (κ3) is 2.81. The Bertz CT molecular complexity index is 372. The van der Waals surface area contributed by atoms with Crippen molar-refractivity contribution in [1.82, 2.24) is 4.90 Å². The summed E-state index contributed by atoms with van der Waals surface area (Å²) in [6, 6.07) is 8.27. The molecule has 1 saturated carbocycles. The van der Waals surface area contributed by atoms with Gasteiger partial charge in [0.1, 0.15) is 0 Å². The third-order valence-electron chi connectivity index (χ3n) is 2.68. The van der Waals surface area contributed by atoms with Crippen LogP contribution in [-0.4, -0.2) is 17.8 Å². The number of hydrogen-bond donors (Lipinski definition) is 1. The maximum absolute atomic E-state index is 7.93. The molecule has 0 saturated heterocycles. The third-order valence-corrected chi connectivity index (χ3v) is 3.18. The SMILES string of the molecule is CN(Cc1cccc(Br)c1)C(=N)C1CC1. The minimum atomic E-state index is 0.530. The lowest BCUT2D eigenvalue weighted by Crippen LogP contribution is -2.26. The van der Waals surface area contributed by atoms with E-state index in [1.54, 1.807) is 0 Å². The average molecular weight is 267 g/mol. The molecule has 1 aliphatic rings. The number of hydrogen-bond acceptors (Lipinski definition) is 1. The first-order valence-corrected chi connectivity index (χ1v) is 6.00. The predicted molar refractivity (Wildman–Crippen MR) is 66.1 cm³/mol. The normalized spacial score (nSPS) is 15.1. The second-order valence-electron chi connectivity index (χ2n) is 4.15. The van der Waals surface area contributed by atoms with Gasteiger partial charge in [0.15, 0.2) is 0 Å². The molecule has 0 bridgehead atoms. The minimum absolute atomic E-state index is 0.530. The second-order valence-corrected chi connectivity index (χ2v) is 5.06. The van der Waals surface area contributed by atoms with Crippen LogP contribution in [0.4, 0.5) is 0 Å². The predicted octanol–water partition coefficient (Wildman–Crippen LogP) is 3.27. The highest BCUT2D eigenvalue weighted by molar-refractivity contribution is 9.10. The molecule has 2 rings (SSSR count). The fraction of sp³-hybridized carbons (Fsp3) is 0.417.